The van der Waals surface area contributed by atoms with E-state index >= 15 is 0 Å². The Hall–Kier alpha value is -1.06. The van der Waals surface area contributed by atoms with Gasteiger partial charge in [0, 0.05) is 12.6 Å². The minimum Gasteiger partial charge on any atom is -0.366 e. The third-order valence-electron chi connectivity index (χ3n) is 4.86. The molecule has 2 aliphatic carbocycles. The molecule has 4 unspecified atom stereocenters. The van der Waals surface area contributed by atoms with Crippen LogP contribution in [0.3, 0.4) is 0 Å². The van der Waals surface area contributed by atoms with Gasteiger partial charge < -0.3 is 5.32 Å². The SMILES string of the molecule is CCCn1nncc1NC(C)C1CC2CCC1C2. The van der Waals surface area contributed by atoms with Gasteiger partial charge in [0.1, 0.15) is 5.82 Å². The first-order valence-electron chi connectivity index (χ1n) is 7.43. The number of aryl methyl sites for hydroxylation is 1. The second-order valence-electron chi connectivity index (χ2n) is 6.11. The second kappa shape index (κ2) is 4.90. The highest BCUT2D eigenvalue weighted by Crippen LogP contribution is 2.49. The molecule has 0 aromatic carbocycles. The number of rotatable bonds is 5. The lowest BCUT2D eigenvalue weighted by Crippen LogP contribution is -2.30. The van der Waals surface area contributed by atoms with Crippen LogP contribution in [0, 0.1) is 17.8 Å². The van der Waals surface area contributed by atoms with Crippen molar-refractivity contribution < 1.29 is 0 Å². The van der Waals surface area contributed by atoms with E-state index in [1.54, 1.807) is 0 Å². The number of hydrogen-bond donors (Lipinski definition) is 1. The number of aromatic nitrogens is 3. The molecule has 0 saturated heterocycles. The van der Waals surface area contributed by atoms with Crippen molar-refractivity contribution in [1.82, 2.24) is 15.0 Å². The summed E-state index contributed by atoms with van der Waals surface area (Å²) in [5, 5.41) is 11.8. The maximum absolute atomic E-state index is 4.14. The Morgan fingerprint density at radius 3 is 3.00 bits per heavy atom. The zero-order valence-electron chi connectivity index (χ0n) is 11.5. The normalized spacial score (nSPS) is 31.8. The average molecular weight is 248 g/mol. The Kier molecular flexibility index (Phi) is 3.27. The van der Waals surface area contributed by atoms with Crippen LogP contribution < -0.4 is 5.32 Å². The smallest absolute Gasteiger partial charge is 0.145 e. The van der Waals surface area contributed by atoms with Crippen LogP contribution in [0.1, 0.15) is 46.0 Å². The van der Waals surface area contributed by atoms with Gasteiger partial charge in [-0.25, -0.2) is 4.68 Å². The number of nitrogens with zero attached hydrogens (tertiary/aromatic N) is 3. The molecule has 0 amide bonds. The van der Waals surface area contributed by atoms with Gasteiger partial charge in [-0.3, -0.25) is 0 Å². The molecule has 1 heterocycles. The molecule has 2 aliphatic rings. The van der Waals surface area contributed by atoms with Crippen molar-refractivity contribution in [1.29, 1.82) is 0 Å². The highest BCUT2D eigenvalue weighted by Gasteiger charge is 2.41. The molecule has 2 bridgehead atoms. The highest BCUT2D eigenvalue weighted by atomic mass is 15.5. The molecule has 18 heavy (non-hydrogen) atoms. The fourth-order valence-electron chi connectivity index (χ4n) is 3.99. The maximum Gasteiger partial charge on any atom is 0.145 e. The quantitative estimate of drug-likeness (QED) is 0.871. The highest BCUT2D eigenvalue weighted by molar-refractivity contribution is 5.32. The molecule has 100 valence electrons. The van der Waals surface area contributed by atoms with Crippen LogP contribution in [-0.4, -0.2) is 21.0 Å². The summed E-state index contributed by atoms with van der Waals surface area (Å²) in [4.78, 5) is 0. The van der Waals surface area contributed by atoms with E-state index in [1.165, 1.54) is 25.7 Å². The molecular weight excluding hydrogens is 224 g/mol. The van der Waals surface area contributed by atoms with E-state index in [0.717, 1.165) is 36.5 Å². The lowest BCUT2D eigenvalue weighted by molar-refractivity contribution is 0.303. The summed E-state index contributed by atoms with van der Waals surface area (Å²) >= 11 is 0. The van der Waals surface area contributed by atoms with E-state index in [1.807, 2.05) is 10.9 Å². The van der Waals surface area contributed by atoms with Gasteiger partial charge in [-0.15, -0.1) is 5.10 Å². The molecule has 1 aromatic heterocycles. The Labute approximate surface area is 109 Å². The summed E-state index contributed by atoms with van der Waals surface area (Å²) in [6.07, 6.45) is 8.79. The van der Waals surface area contributed by atoms with Crippen molar-refractivity contribution in [3.8, 4) is 0 Å². The largest absolute Gasteiger partial charge is 0.366 e. The summed E-state index contributed by atoms with van der Waals surface area (Å²) in [7, 11) is 0. The van der Waals surface area contributed by atoms with E-state index < -0.39 is 0 Å². The molecule has 0 spiro atoms. The van der Waals surface area contributed by atoms with Crippen LogP contribution in [0.15, 0.2) is 6.20 Å². The van der Waals surface area contributed by atoms with Crippen LogP contribution >= 0.6 is 0 Å². The van der Waals surface area contributed by atoms with Crippen molar-refractivity contribution in [2.75, 3.05) is 5.32 Å². The average Bonchev–Trinajstić information content (AvgIpc) is 3.06. The second-order valence-corrected chi connectivity index (χ2v) is 6.11. The third-order valence-corrected chi connectivity index (χ3v) is 4.86. The topological polar surface area (TPSA) is 42.7 Å². The van der Waals surface area contributed by atoms with Crippen molar-refractivity contribution in [3.05, 3.63) is 6.20 Å². The fourth-order valence-corrected chi connectivity index (χ4v) is 3.99. The Morgan fingerprint density at radius 1 is 1.44 bits per heavy atom. The summed E-state index contributed by atoms with van der Waals surface area (Å²) in [6, 6.07) is 0.550. The van der Waals surface area contributed by atoms with Gasteiger partial charge in [-0.2, -0.15) is 0 Å². The molecule has 4 nitrogen and oxygen atoms in total. The van der Waals surface area contributed by atoms with Gasteiger partial charge in [0.2, 0.25) is 0 Å². The molecule has 1 aromatic rings. The van der Waals surface area contributed by atoms with E-state index in [-0.39, 0.29) is 0 Å². The maximum atomic E-state index is 4.14. The first kappa shape index (κ1) is 12.0. The van der Waals surface area contributed by atoms with Crippen LogP contribution in [-0.2, 0) is 6.54 Å². The zero-order valence-corrected chi connectivity index (χ0v) is 11.5. The van der Waals surface area contributed by atoms with Gasteiger partial charge in [0.25, 0.3) is 0 Å². The number of fused-ring (bicyclic) bond motifs is 2. The van der Waals surface area contributed by atoms with Crippen molar-refractivity contribution >= 4 is 5.82 Å². The van der Waals surface area contributed by atoms with Crippen LogP contribution in [0.5, 0.6) is 0 Å². The van der Waals surface area contributed by atoms with Crippen molar-refractivity contribution in [2.45, 2.75) is 58.5 Å². The van der Waals surface area contributed by atoms with Crippen LogP contribution in [0.2, 0.25) is 0 Å². The molecule has 4 atom stereocenters. The number of hydrogen-bond acceptors (Lipinski definition) is 3. The van der Waals surface area contributed by atoms with Gasteiger partial charge in [0.05, 0.1) is 6.20 Å². The van der Waals surface area contributed by atoms with Gasteiger partial charge in [0.15, 0.2) is 0 Å². The van der Waals surface area contributed by atoms with Gasteiger partial charge in [-0.1, -0.05) is 18.6 Å². The minimum absolute atomic E-state index is 0.550. The first-order valence-corrected chi connectivity index (χ1v) is 7.43. The number of nitrogens with one attached hydrogen (secondary N) is 1. The first-order chi connectivity index (χ1) is 8.78. The lowest BCUT2D eigenvalue weighted by Gasteiger charge is -2.29. The molecule has 3 rings (SSSR count). The Bertz CT molecular complexity index is 400. The summed E-state index contributed by atoms with van der Waals surface area (Å²) < 4.78 is 1.99. The fraction of sp³-hybridized carbons (Fsp3) is 0.857. The van der Waals surface area contributed by atoms with E-state index in [4.69, 9.17) is 0 Å². The van der Waals surface area contributed by atoms with E-state index in [2.05, 4.69) is 29.5 Å². The minimum atomic E-state index is 0.550. The van der Waals surface area contributed by atoms with Crippen LogP contribution in [0.25, 0.3) is 0 Å². The molecule has 1 N–H and O–H groups in total. The standard InChI is InChI=1S/C14H24N4/c1-3-6-18-14(9-15-17-18)16-10(2)13-8-11-4-5-12(13)7-11/h9-13,16H,3-8H2,1-2H3. The van der Waals surface area contributed by atoms with Crippen molar-refractivity contribution in [2.24, 2.45) is 17.8 Å². The van der Waals surface area contributed by atoms with Crippen LogP contribution in [0.4, 0.5) is 5.82 Å². The zero-order chi connectivity index (χ0) is 12.5. The third kappa shape index (κ3) is 2.13. The monoisotopic (exact) mass is 248 g/mol. The molecule has 0 aliphatic heterocycles. The summed E-state index contributed by atoms with van der Waals surface area (Å²) in [5.41, 5.74) is 0. The lowest BCUT2D eigenvalue weighted by atomic mass is 9.84. The van der Waals surface area contributed by atoms with Gasteiger partial charge >= 0.3 is 0 Å². The van der Waals surface area contributed by atoms with E-state index in [9.17, 15) is 0 Å². The predicted molar refractivity (Wildman–Crippen MR) is 72.3 cm³/mol. The van der Waals surface area contributed by atoms with Crippen molar-refractivity contribution in [3.63, 3.8) is 0 Å². The molecule has 2 fully saturated rings. The predicted octanol–water partition coefficient (Wildman–Crippen LogP) is 2.92. The molecule has 4 heteroatoms. The van der Waals surface area contributed by atoms with E-state index in [0.29, 0.717) is 6.04 Å². The number of anilines is 1. The summed E-state index contributed by atoms with van der Waals surface area (Å²) in [6.45, 7) is 5.45. The Balaban J connectivity index is 1.63. The summed E-state index contributed by atoms with van der Waals surface area (Å²) in [5.74, 6) is 3.93. The molecule has 0 radical (unpaired) electrons. The Morgan fingerprint density at radius 2 is 2.33 bits per heavy atom. The van der Waals surface area contributed by atoms with Gasteiger partial charge in [-0.05, 0) is 50.4 Å². The molecular formula is C14H24N4. The molecule has 2 saturated carbocycles.